The number of benzene rings is 3. The Morgan fingerprint density at radius 1 is 0.889 bits per heavy atom. The van der Waals surface area contributed by atoms with Crippen molar-refractivity contribution in [1.82, 2.24) is 4.90 Å². The minimum absolute atomic E-state index is 0.0127. The van der Waals surface area contributed by atoms with Gasteiger partial charge in [-0.1, -0.05) is 42.5 Å². The van der Waals surface area contributed by atoms with E-state index in [9.17, 15) is 4.79 Å². The first-order valence-electron chi connectivity index (χ1n) is 9.49. The van der Waals surface area contributed by atoms with Gasteiger partial charge in [0, 0.05) is 37.6 Å². The van der Waals surface area contributed by atoms with Gasteiger partial charge in [-0.2, -0.15) is 0 Å². The van der Waals surface area contributed by atoms with Gasteiger partial charge in [0.1, 0.15) is 0 Å². The van der Waals surface area contributed by atoms with Crippen LogP contribution in [-0.4, -0.2) is 44.0 Å². The van der Waals surface area contributed by atoms with Crippen LogP contribution in [0.2, 0.25) is 0 Å². The lowest BCUT2D eigenvalue weighted by Gasteiger charge is -2.34. The third-order valence-corrected chi connectivity index (χ3v) is 5.25. The molecule has 1 aliphatic rings. The molecule has 1 aliphatic heterocycles. The van der Waals surface area contributed by atoms with Crippen LogP contribution in [0.1, 0.15) is 5.56 Å². The average molecular weight is 359 g/mol. The van der Waals surface area contributed by atoms with Crippen LogP contribution in [0, 0.1) is 0 Å². The Hall–Kier alpha value is -2.85. The van der Waals surface area contributed by atoms with Crippen LogP contribution in [0.5, 0.6) is 0 Å². The van der Waals surface area contributed by atoms with E-state index in [1.54, 1.807) is 0 Å². The summed E-state index contributed by atoms with van der Waals surface area (Å²) in [5, 5.41) is 5.33. The van der Waals surface area contributed by atoms with Gasteiger partial charge >= 0.3 is 0 Å². The van der Waals surface area contributed by atoms with E-state index in [0.717, 1.165) is 42.8 Å². The van der Waals surface area contributed by atoms with Crippen LogP contribution in [0.3, 0.4) is 0 Å². The highest BCUT2D eigenvalue weighted by atomic mass is 16.1. The monoisotopic (exact) mass is 359 g/mol. The number of carbonyl (C=O) groups is 1. The second-order valence-electron chi connectivity index (χ2n) is 7.20. The summed E-state index contributed by atoms with van der Waals surface area (Å²) in [6, 6.07) is 22.5. The smallest absolute Gasteiger partial charge is 0.228 e. The Kier molecular flexibility index (Phi) is 5.07. The van der Waals surface area contributed by atoms with E-state index in [-0.39, 0.29) is 5.91 Å². The number of piperazine rings is 1. The maximum Gasteiger partial charge on any atom is 0.228 e. The second kappa shape index (κ2) is 7.80. The summed E-state index contributed by atoms with van der Waals surface area (Å²) in [7, 11) is 2.16. The van der Waals surface area contributed by atoms with Crippen LogP contribution in [0.15, 0.2) is 66.7 Å². The second-order valence-corrected chi connectivity index (χ2v) is 7.20. The zero-order chi connectivity index (χ0) is 18.6. The first-order valence-corrected chi connectivity index (χ1v) is 9.49. The van der Waals surface area contributed by atoms with E-state index in [4.69, 9.17) is 0 Å². The molecule has 0 atom stereocenters. The molecule has 4 nitrogen and oxygen atoms in total. The molecule has 0 saturated carbocycles. The fourth-order valence-corrected chi connectivity index (χ4v) is 3.65. The van der Waals surface area contributed by atoms with E-state index >= 15 is 0 Å². The van der Waals surface area contributed by atoms with Crippen LogP contribution < -0.4 is 10.2 Å². The maximum absolute atomic E-state index is 12.5. The van der Waals surface area contributed by atoms with Crippen LogP contribution >= 0.6 is 0 Å². The summed E-state index contributed by atoms with van der Waals surface area (Å²) in [6.45, 7) is 4.26. The van der Waals surface area contributed by atoms with Gasteiger partial charge in [-0.25, -0.2) is 0 Å². The van der Waals surface area contributed by atoms with E-state index in [1.807, 2.05) is 36.4 Å². The predicted octanol–water partition coefficient (Wildman–Crippen LogP) is 3.77. The number of fused-ring (bicyclic) bond motifs is 1. The van der Waals surface area contributed by atoms with E-state index in [1.165, 1.54) is 11.1 Å². The number of anilines is 2. The van der Waals surface area contributed by atoms with Gasteiger partial charge in [0.05, 0.1) is 6.42 Å². The minimum atomic E-state index is 0.0127. The van der Waals surface area contributed by atoms with Gasteiger partial charge in [0.15, 0.2) is 0 Å². The van der Waals surface area contributed by atoms with E-state index in [0.29, 0.717) is 6.42 Å². The number of hydrogen-bond donors (Lipinski definition) is 1. The molecular formula is C23H25N3O. The number of carbonyl (C=O) groups excluding carboxylic acids is 1. The lowest BCUT2D eigenvalue weighted by molar-refractivity contribution is -0.115. The third kappa shape index (κ3) is 4.12. The number of amides is 1. The van der Waals surface area contributed by atoms with Crippen molar-refractivity contribution in [3.8, 4) is 0 Å². The molecule has 3 aromatic rings. The summed E-state index contributed by atoms with van der Waals surface area (Å²) in [6.07, 6.45) is 0.377. The van der Waals surface area contributed by atoms with Gasteiger partial charge in [-0.15, -0.1) is 0 Å². The Morgan fingerprint density at radius 3 is 2.37 bits per heavy atom. The highest BCUT2D eigenvalue weighted by Crippen LogP contribution is 2.21. The van der Waals surface area contributed by atoms with Crippen LogP contribution in [0.25, 0.3) is 10.8 Å². The van der Waals surface area contributed by atoms with Crippen LogP contribution in [0.4, 0.5) is 11.4 Å². The molecule has 3 aromatic carbocycles. The highest BCUT2D eigenvalue weighted by molar-refractivity contribution is 5.96. The standard InChI is InChI=1S/C23H25N3O/c1-25-13-15-26(16-14-25)21-11-9-20(10-12-21)24-23(27)17-19-7-4-6-18-5-2-3-8-22(18)19/h2-12H,13-17H2,1H3,(H,24,27). The molecule has 0 aliphatic carbocycles. The van der Waals surface area contributed by atoms with Gasteiger partial charge in [0.25, 0.3) is 0 Å². The van der Waals surface area contributed by atoms with Crippen molar-refractivity contribution in [3.05, 3.63) is 72.3 Å². The third-order valence-electron chi connectivity index (χ3n) is 5.25. The number of nitrogens with zero attached hydrogens (tertiary/aromatic N) is 2. The topological polar surface area (TPSA) is 35.6 Å². The lowest BCUT2D eigenvalue weighted by atomic mass is 10.0. The number of nitrogens with one attached hydrogen (secondary N) is 1. The Bertz CT molecular complexity index is 923. The summed E-state index contributed by atoms with van der Waals surface area (Å²) in [5.74, 6) is 0.0127. The number of rotatable bonds is 4. The van der Waals surface area contributed by atoms with E-state index in [2.05, 4.69) is 52.5 Å². The van der Waals surface area contributed by atoms with Crippen molar-refractivity contribution < 1.29 is 4.79 Å². The van der Waals surface area contributed by atoms with Crippen molar-refractivity contribution in [1.29, 1.82) is 0 Å². The first-order chi connectivity index (χ1) is 13.2. The largest absolute Gasteiger partial charge is 0.369 e. The molecule has 0 spiro atoms. The molecule has 0 bridgehead atoms. The van der Waals surface area contributed by atoms with Crippen molar-refractivity contribution in [2.24, 2.45) is 0 Å². The quantitative estimate of drug-likeness (QED) is 0.770. The van der Waals surface area contributed by atoms with Crippen molar-refractivity contribution in [2.75, 3.05) is 43.4 Å². The lowest BCUT2D eigenvalue weighted by Crippen LogP contribution is -2.44. The van der Waals surface area contributed by atoms with Crippen molar-refractivity contribution >= 4 is 28.1 Å². The van der Waals surface area contributed by atoms with Crippen molar-refractivity contribution in [3.63, 3.8) is 0 Å². The van der Waals surface area contributed by atoms with E-state index < -0.39 is 0 Å². The molecule has 0 aromatic heterocycles. The normalized spacial score (nSPS) is 15.1. The highest BCUT2D eigenvalue weighted by Gasteiger charge is 2.14. The SMILES string of the molecule is CN1CCN(c2ccc(NC(=O)Cc3cccc4ccccc34)cc2)CC1. The number of likely N-dealkylation sites (N-methyl/N-ethyl adjacent to an activating group) is 1. The zero-order valence-electron chi connectivity index (χ0n) is 15.7. The summed E-state index contributed by atoms with van der Waals surface area (Å²) in [5.41, 5.74) is 3.12. The van der Waals surface area contributed by atoms with Gasteiger partial charge in [-0.05, 0) is 47.6 Å². The summed E-state index contributed by atoms with van der Waals surface area (Å²) < 4.78 is 0. The van der Waals surface area contributed by atoms with Gasteiger partial charge in [0.2, 0.25) is 5.91 Å². The fourth-order valence-electron chi connectivity index (χ4n) is 3.65. The molecule has 4 rings (SSSR count). The fraction of sp³-hybridized carbons (Fsp3) is 0.261. The Morgan fingerprint density at radius 2 is 1.59 bits per heavy atom. The zero-order valence-corrected chi connectivity index (χ0v) is 15.7. The van der Waals surface area contributed by atoms with Crippen molar-refractivity contribution in [2.45, 2.75) is 6.42 Å². The predicted molar refractivity (Wildman–Crippen MR) is 112 cm³/mol. The Balaban J connectivity index is 1.41. The molecule has 138 valence electrons. The summed E-state index contributed by atoms with van der Waals surface area (Å²) >= 11 is 0. The Labute approximate surface area is 160 Å². The molecular weight excluding hydrogens is 334 g/mol. The molecule has 1 N–H and O–H groups in total. The summed E-state index contributed by atoms with van der Waals surface area (Å²) in [4.78, 5) is 17.3. The average Bonchev–Trinajstić information content (AvgIpc) is 2.69. The van der Waals surface area contributed by atoms with Crippen LogP contribution in [-0.2, 0) is 11.2 Å². The first kappa shape index (κ1) is 17.6. The molecule has 0 radical (unpaired) electrons. The number of hydrogen-bond acceptors (Lipinski definition) is 3. The molecule has 1 fully saturated rings. The maximum atomic E-state index is 12.5. The molecule has 1 saturated heterocycles. The molecule has 1 heterocycles. The minimum Gasteiger partial charge on any atom is -0.369 e. The van der Waals surface area contributed by atoms with Gasteiger partial charge < -0.3 is 15.1 Å². The molecule has 27 heavy (non-hydrogen) atoms. The molecule has 4 heteroatoms. The van der Waals surface area contributed by atoms with Gasteiger partial charge in [-0.3, -0.25) is 4.79 Å². The molecule has 0 unspecified atom stereocenters. The molecule has 1 amide bonds.